The molecule has 0 aliphatic carbocycles. The zero-order chi connectivity index (χ0) is 20.8. The van der Waals surface area contributed by atoms with E-state index in [1.807, 2.05) is 43.3 Å². The van der Waals surface area contributed by atoms with Gasteiger partial charge in [-0.25, -0.2) is 0 Å². The van der Waals surface area contributed by atoms with Crippen LogP contribution < -0.4 is 14.8 Å². The van der Waals surface area contributed by atoms with Crippen LogP contribution in [0.5, 0.6) is 11.5 Å². The van der Waals surface area contributed by atoms with E-state index in [4.69, 9.17) is 9.47 Å². The van der Waals surface area contributed by atoms with E-state index in [1.165, 1.54) is 17.3 Å². The van der Waals surface area contributed by atoms with Gasteiger partial charge < -0.3 is 14.8 Å². The third kappa shape index (κ3) is 5.05. The Kier molecular flexibility index (Phi) is 6.71. The van der Waals surface area contributed by atoms with E-state index in [9.17, 15) is 4.79 Å². The number of hydrogen-bond donors (Lipinski definition) is 1. The Morgan fingerprint density at radius 1 is 1.07 bits per heavy atom. The lowest BCUT2D eigenvalue weighted by Gasteiger charge is -2.10. The molecule has 3 rings (SSSR count). The van der Waals surface area contributed by atoms with E-state index >= 15 is 0 Å². The van der Waals surface area contributed by atoms with Crippen LogP contribution in [0.25, 0.3) is 5.69 Å². The molecule has 0 aliphatic heterocycles. The molecule has 0 saturated heterocycles. The molecule has 8 nitrogen and oxygen atoms in total. The lowest BCUT2D eigenvalue weighted by Crippen LogP contribution is -2.24. The summed E-state index contributed by atoms with van der Waals surface area (Å²) in [5, 5.41) is 15.3. The number of tetrazole rings is 1. The van der Waals surface area contributed by atoms with Crippen LogP contribution in [-0.4, -0.2) is 46.1 Å². The maximum atomic E-state index is 12.3. The molecule has 0 spiro atoms. The van der Waals surface area contributed by atoms with E-state index in [2.05, 4.69) is 27.8 Å². The normalized spacial score (nSPS) is 10.6. The first-order valence-corrected chi connectivity index (χ1v) is 9.96. The van der Waals surface area contributed by atoms with Crippen molar-refractivity contribution in [2.45, 2.75) is 25.5 Å². The van der Waals surface area contributed by atoms with Crippen LogP contribution in [-0.2, 0) is 11.3 Å². The smallest absolute Gasteiger partial charge is 0.230 e. The van der Waals surface area contributed by atoms with Crippen molar-refractivity contribution in [2.75, 3.05) is 20.0 Å². The first-order chi connectivity index (χ1) is 14.0. The van der Waals surface area contributed by atoms with E-state index in [0.717, 1.165) is 16.8 Å². The SMILES string of the molecule is COc1ccc(CNC(=O)CSc2nnnn2-c2ccc(C)c(C)c2)cc1OC. The number of aromatic nitrogens is 4. The van der Waals surface area contributed by atoms with Gasteiger partial charge in [-0.2, -0.15) is 4.68 Å². The zero-order valence-corrected chi connectivity index (χ0v) is 17.6. The Morgan fingerprint density at radius 2 is 1.86 bits per heavy atom. The van der Waals surface area contributed by atoms with Gasteiger partial charge in [0.15, 0.2) is 11.5 Å². The van der Waals surface area contributed by atoms with Gasteiger partial charge in [0.1, 0.15) is 0 Å². The topological polar surface area (TPSA) is 91.2 Å². The van der Waals surface area contributed by atoms with Crippen molar-refractivity contribution < 1.29 is 14.3 Å². The molecule has 0 aliphatic rings. The van der Waals surface area contributed by atoms with Crippen LogP contribution in [0.3, 0.4) is 0 Å². The highest BCUT2D eigenvalue weighted by molar-refractivity contribution is 7.99. The van der Waals surface area contributed by atoms with Gasteiger partial charge in [-0.3, -0.25) is 4.79 Å². The van der Waals surface area contributed by atoms with E-state index in [0.29, 0.717) is 23.2 Å². The predicted molar refractivity (Wildman–Crippen MR) is 111 cm³/mol. The highest BCUT2D eigenvalue weighted by atomic mass is 32.2. The summed E-state index contributed by atoms with van der Waals surface area (Å²) in [6, 6.07) is 11.5. The molecular weight excluding hydrogens is 390 g/mol. The van der Waals surface area contributed by atoms with Gasteiger partial charge in [0, 0.05) is 6.54 Å². The molecule has 0 fully saturated rings. The Morgan fingerprint density at radius 3 is 2.59 bits per heavy atom. The number of hydrogen-bond acceptors (Lipinski definition) is 7. The molecular formula is C20H23N5O3S. The number of rotatable bonds is 8. The molecule has 1 amide bonds. The molecule has 1 heterocycles. The number of benzene rings is 2. The molecule has 3 aromatic rings. The van der Waals surface area contributed by atoms with Gasteiger partial charge in [-0.15, -0.1) is 5.10 Å². The highest BCUT2D eigenvalue weighted by Crippen LogP contribution is 2.27. The van der Waals surface area contributed by atoms with Crippen molar-refractivity contribution in [1.82, 2.24) is 25.5 Å². The Labute approximate surface area is 173 Å². The van der Waals surface area contributed by atoms with Gasteiger partial charge in [0.25, 0.3) is 0 Å². The number of nitrogens with one attached hydrogen (secondary N) is 1. The number of aryl methyl sites for hydroxylation is 2. The average Bonchev–Trinajstić information content (AvgIpc) is 3.21. The summed E-state index contributed by atoms with van der Waals surface area (Å²) in [4.78, 5) is 12.3. The summed E-state index contributed by atoms with van der Waals surface area (Å²) in [5.74, 6) is 1.37. The second kappa shape index (κ2) is 9.42. The molecule has 9 heteroatoms. The maximum Gasteiger partial charge on any atom is 0.230 e. The van der Waals surface area contributed by atoms with Gasteiger partial charge in [-0.05, 0) is 65.2 Å². The third-order valence-corrected chi connectivity index (χ3v) is 5.37. The molecule has 2 aromatic carbocycles. The Bertz CT molecular complexity index is 1010. The second-order valence-corrected chi connectivity index (χ2v) is 7.34. The van der Waals surface area contributed by atoms with Crippen molar-refractivity contribution in [3.63, 3.8) is 0 Å². The summed E-state index contributed by atoms with van der Waals surface area (Å²) >= 11 is 1.29. The minimum absolute atomic E-state index is 0.112. The van der Waals surface area contributed by atoms with Gasteiger partial charge >= 0.3 is 0 Å². The molecule has 0 radical (unpaired) electrons. The molecule has 29 heavy (non-hydrogen) atoms. The number of nitrogens with zero attached hydrogens (tertiary/aromatic N) is 4. The molecule has 1 N–H and O–H groups in total. The van der Waals surface area contributed by atoms with Gasteiger partial charge in [-0.1, -0.05) is 23.9 Å². The summed E-state index contributed by atoms with van der Waals surface area (Å²) < 4.78 is 12.1. The fraction of sp³-hybridized carbons (Fsp3) is 0.300. The lowest BCUT2D eigenvalue weighted by atomic mass is 10.1. The van der Waals surface area contributed by atoms with E-state index < -0.39 is 0 Å². The minimum Gasteiger partial charge on any atom is -0.493 e. The number of carbonyl (C=O) groups is 1. The summed E-state index contributed by atoms with van der Waals surface area (Å²) in [5.41, 5.74) is 4.14. The first kappa shape index (κ1) is 20.7. The van der Waals surface area contributed by atoms with Crippen molar-refractivity contribution in [3.8, 4) is 17.2 Å². The van der Waals surface area contributed by atoms with E-state index in [1.54, 1.807) is 18.9 Å². The van der Waals surface area contributed by atoms with Crippen molar-refractivity contribution in [3.05, 3.63) is 53.1 Å². The maximum absolute atomic E-state index is 12.3. The van der Waals surface area contributed by atoms with Crippen LogP contribution in [0.1, 0.15) is 16.7 Å². The predicted octanol–water partition coefficient (Wildman–Crippen LogP) is 2.70. The van der Waals surface area contributed by atoms with Crippen molar-refractivity contribution >= 4 is 17.7 Å². The molecule has 0 saturated carbocycles. The fourth-order valence-corrected chi connectivity index (χ4v) is 3.38. The van der Waals surface area contributed by atoms with Gasteiger partial charge in [0.2, 0.25) is 11.1 Å². The van der Waals surface area contributed by atoms with E-state index in [-0.39, 0.29) is 11.7 Å². The van der Waals surface area contributed by atoms with Crippen LogP contribution in [0.15, 0.2) is 41.6 Å². The number of methoxy groups -OCH3 is 2. The second-order valence-electron chi connectivity index (χ2n) is 6.40. The first-order valence-electron chi connectivity index (χ1n) is 8.98. The molecule has 152 valence electrons. The molecule has 1 aromatic heterocycles. The Balaban J connectivity index is 1.58. The van der Waals surface area contributed by atoms with Crippen LogP contribution in [0.4, 0.5) is 0 Å². The van der Waals surface area contributed by atoms with Crippen LogP contribution in [0, 0.1) is 13.8 Å². The van der Waals surface area contributed by atoms with Crippen LogP contribution >= 0.6 is 11.8 Å². The standard InChI is InChI=1S/C20H23N5O3S/c1-13-5-7-16(9-14(13)2)25-20(22-23-24-25)29-12-19(26)21-11-15-6-8-17(27-3)18(10-15)28-4/h5-10H,11-12H2,1-4H3,(H,21,26). The van der Waals surface area contributed by atoms with Gasteiger partial charge in [0.05, 0.1) is 25.7 Å². The average molecular weight is 414 g/mol. The monoisotopic (exact) mass is 413 g/mol. The van der Waals surface area contributed by atoms with Crippen molar-refractivity contribution in [2.24, 2.45) is 0 Å². The lowest BCUT2D eigenvalue weighted by molar-refractivity contribution is -0.118. The number of thioether (sulfide) groups is 1. The Hall–Kier alpha value is -3.07. The molecule has 0 bridgehead atoms. The highest BCUT2D eigenvalue weighted by Gasteiger charge is 2.12. The summed E-state index contributed by atoms with van der Waals surface area (Å²) in [6.07, 6.45) is 0. The fourth-order valence-electron chi connectivity index (χ4n) is 2.66. The number of carbonyl (C=O) groups excluding carboxylic acids is 1. The summed E-state index contributed by atoms with van der Waals surface area (Å²) in [7, 11) is 3.17. The van der Waals surface area contributed by atoms with Crippen LogP contribution in [0.2, 0.25) is 0 Å². The van der Waals surface area contributed by atoms with Crippen molar-refractivity contribution in [1.29, 1.82) is 0 Å². The number of ether oxygens (including phenoxy) is 2. The molecule has 0 atom stereocenters. The quantitative estimate of drug-likeness (QED) is 0.568. The summed E-state index contributed by atoms with van der Waals surface area (Å²) in [6.45, 7) is 4.48. The minimum atomic E-state index is -0.112. The molecule has 0 unspecified atom stereocenters. The third-order valence-electron chi connectivity index (χ3n) is 4.45. The largest absolute Gasteiger partial charge is 0.493 e. The zero-order valence-electron chi connectivity index (χ0n) is 16.8. The number of amides is 1.